The minimum Gasteiger partial charge on any atom is -0.351 e. The van der Waals surface area contributed by atoms with Gasteiger partial charge in [0.2, 0.25) is 0 Å². The van der Waals surface area contributed by atoms with E-state index in [0.29, 0.717) is 19.5 Å². The van der Waals surface area contributed by atoms with E-state index < -0.39 is 21.7 Å². The highest BCUT2D eigenvalue weighted by molar-refractivity contribution is 7.92. The van der Waals surface area contributed by atoms with Crippen molar-refractivity contribution in [2.24, 2.45) is 0 Å². The van der Waals surface area contributed by atoms with E-state index in [1.807, 2.05) is 0 Å². The van der Waals surface area contributed by atoms with Crippen molar-refractivity contribution in [3.05, 3.63) is 47.8 Å². The highest BCUT2D eigenvalue weighted by Gasteiger charge is 2.23. The van der Waals surface area contributed by atoms with Gasteiger partial charge in [-0.2, -0.15) is 0 Å². The molecule has 1 aromatic heterocycles. The van der Waals surface area contributed by atoms with Gasteiger partial charge in [-0.1, -0.05) is 0 Å². The van der Waals surface area contributed by atoms with E-state index in [2.05, 4.69) is 10.0 Å². The molecule has 0 spiro atoms. The molecule has 0 saturated carbocycles. The molecule has 2 aromatic rings. The molecule has 2 heterocycles. The van der Waals surface area contributed by atoms with Gasteiger partial charge in [0.15, 0.2) is 11.6 Å². The summed E-state index contributed by atoms with van der Waals surface area (Å²) in [5.41, 5.74) is 0.142. The van der Waals surface area contributed by atoms with Gasteiger partial charge in [0.25, 0.3) is 15.9 Å². The van der Waals surface area contributed by atoms with Crippen LogP contribution in [0.1, 0.15) is 16.9 Å². The molecule has 6 nitrogen and oxygen atoms in total. The van der Waals surface area contributed by atoms with Crippen LogP contribution in [0.2, 0.25) is 0 Å². The van der Waals surface area contributed by atoms with Crippen LogP contribution in [-0.4, -0.2) is 25.4 Å². The molecule has 1 aliphatic heterocycles. The first-order chi connectivity index (χ1) is 10.9. The molecule has 1 amide bonds. The molecular weight excluding hydrogens is 328 g/mol. The summed E-state index contributed by atoms with van der Waals surface area (Å²) in [6, 6.07) is 3.95. The maximum Gasteiger partial charge on any atom is 0.267 e. The lowest BCUT2D eigenvalue weighted by Gasteiger charge is -2.07. The fraction of sp³-hybridized carbons (Fsp3) is 0.214. The van der Waals surface area contributed by atoms with Crippen molar-refractivity contribution >= 4 is 21.6 Å². The van der Waals surface area contributed by atoms with Gasteiger partial charge in [0.1, 0.15) is 10.6 Å². The third-order valence-electron chi connectivity index (χ3n) is 3.45. The first-order valence-corrected chi connectivity index (χ1v) is 8.31. The summed E-state index contributed by atoms with van der Waals surface area (Å²) in [7, 11) is -4.01. The Hall–Kier alpha value is -2.42. The summed E-state index contributed by atoms with van der Waals surface area (Å²) < 4.78 is 54.5. The third kappa shape index (κ3) is 3.04. The van der Waals surface area contributed by atoms with Gasteiger partial charge < -0.3 is 9.88 Å². The number of aryl methyl sites for hydroxylation is 1. The maximum absolute atomic E-state index is 13.2. The summed E-state index contributed by atoms with van der Waals surface area (Å²) >= 11 is 0. The molecule has 2 N–H and O–H groups in total. The molecule has 0 aliphatic carbocycles. The van der Waals surface area contributed by atoms with E-state index in [1.165, 1.54) is 12.3 Å². The monoisotopic (exact) mass is 341 g/mol. The molecule has 3 rings (SSSR count). The van der Waals surface area contributed by atoms with Crippen molar-refractivity contribution in [1.82, 2.24) is 9.88 Å². The average molecular weight is 341 g/mol. The predicted molar refractivity (Wildman–Crippen MR) is 78.5 cm³/mol. The van der Waals surface area contributed by atoms with Crippen LogP contribution in [0.4, 0.5) is 14.5 Å². The number of nitrogens with one attached hydrogen (secondary N) is 2. The van der Waals surface area contributed by atoms with Crippen molar-refractivity contribution in [2.75, 3.05) is 11.3 Å². The Balaban J connectivity index is 1.92. The van der Waals surface area contributed by atoms with Crippen LogP contribution in [0.5, 0.6) is 0 Å². The van der Waals surface area contributed by atoms with Crippen molar-refractivity contribution in [3.8, 4) is 0 Å². The number of hydrogen-bond acceptors (Lipinski definition) is 3. The largest absolute Gasteiger partial charge is 0.351 e. The van der Waals surface area contributed by atoms with Gasteiger partial charge in [-0.25, -0.2) is 17.2 Å². The molecule has 1 aliphatic rings. The Morgan fingerprint density at radius 1 is 1.17 bits per heavy atom. The second-order valence-electron chi connectivity index (χ2n) is 5.10. The van der Waals surface area contributed by atoms with E-state index in [0.717, 1.165) is 18.2 Å². The summed E-state index contributed by atoms with van der Waals surface area (Å²) in [5.74, 6) is -2.57. The standard InChI is InChI=1S/C14H13F2N3O3S/c15-11-3-2-9(6-12(11)16)18-23(21,22)10-7-13-14(20)17-4-1-5-19(13)8-10/h2-3,6-8,18H,1,4-5H2,(H,17,20). The fourth-order valence-electron chi connectivity index (χ4n) is 2.32. The number of amides is 1. The minimum atomic E-state index is -4.01. The molecule has 122 valence electrons. The molecular formula is C14H13F2N3O3S. The SMILES string of the molecule is O=C1NCCCn2cc(S(=O)(=O)Nc3ccc(F)c(F)c3)cc21. The lowest BCUT2D eigenvalue weighted by Crippen LogP contribution is -2.22. The highest BCUT2D eigenvalue weighted by Crippen LogP contribution is 2.21. The smallest absolute Gasteiger partial charge is 0.267 e. The lowest BCUT2D eigenvalue weighted by molar-refractivity contribution is 0.0951. The fourth-order valence-corrected chi connectivity index (χ4v) is 3.41. The number of carbonyl (C=O) groups is 1. The van der Waals surface area contributed by atoms with E-state index in [4.69, 9.17) is 0 Å². The van der Waals surface area contributed by atoms with Crippen molar-refractivity contribution in [1.29, 1.82) is 0 Å². The molecule has 0 saturated heterocycles. The lowest BCUT2D eigenvalue weighted by atomic mass is 10.3. The van der Waals surface area contributed by atoms with E-state index >= 15 is 0 Å². The molecule has 0 bridgehead atoms. The second-order valence-corrected chi connectivity index (χ2v) is 6.78. The van der Waals surface area contributed by atoms with Crippen LogP contribution in [0.3, 0.4) is 0 Å². The summed E-state index contributed by atoms with van der Waals surface area (Å²) in [5, 5.41) is 2.66. The number of fused-ring (bicyclic) bond motifs is 1. The number of rotatable bonds is 3. The number of carbonyl (C=O) groups excluding carboxylic acids is 1. The van der Waals surface area contributed by atoms with Crippen LogP contribution < -0.4 is 10.0 Å². The number of halogens is 2. The van der Waals surface area contributed by atoms with Crippen LogP contribution in [0.25, 0.3) is 0 Å². The first kappa shape index (κ1) is 15.5. The summed E-state index contributed by atoms with van der Waals surface area (Å²) in [6.07, 6.45) is 2.03. The van der Waals surface area contributed by atoms with Crippen LogP contribution in [0.15, 0.2) is 35.4 Å². The number of anilines is 1. The number of nitrogens with zero attached hydrogens (tertiary/aromatic N) is 1. The molecule has 0 fully saturated rings. The first-order valence-electron chi connectivity index (χ1n) is 6.83. The number of aromatic nitrogens is 1. The van der Waals surface area contributed by atoms with Crippen LogP contribution in [0, 0.1) is 11.6 Å². The van der Waals surface area contributed by atoms with Crippen molar-refractivity contribution in [3.63, 3.8) is 0 Å². The van der Waals surface area contributed by atoms with E-state index in [1.54, 1.807) is 4.57 Å². The van der Waals surface area contributed by atoms with Crippen molar-refractivity contribution < 1.29 is 22.0 Å². The number of hydrogen-bond donors (Lipinski definition) is 2. The van der Waals surface area contributed by atoms with Gasteiger partial charge in [0.05, 0.1) is 5.69 Å². The molecule has 0 atom stereocenters. The predicted octanol–water partition coefficient (Wildman–Crippen LogP) is 1.70. The Bertz CT molecular complexity index is 877. The van der Waals surface area contributed by atoms with Gasteiger partial charge in [-0.3, -0.25) is 9.52 Å². The highest BCUT2D eigenvalue weighted by atomic mass is 32.2. The zero-order valence-electron chi connectivity index (χ0n) is 11.8. The maximum atomic E-state index is 13.2. The zero-order valence-corrected chi connectivity index (χ0v) is 12.7. The third-order valence-corrected chi connectivity index (χ3v) is 4.80. The van der Waals surface area contributed by atoms with E-state index in [-0.39, 0.29) is 22.2 Å². The van der Waals surface area contributed by atoms with Crippen LogP contribution >= 0.6 is 0 Å². The topological polar surface area (TPSA) is 80.2 Å². The Labute approximate surface area is 131 Å². The zero-order chi connectivity index (χ0) is 16.6. The minimum absolute atomic E-state index is 0.102. The second kappa shape index (κ2) is 5.65. The molecule has 23 heavy (non-hydrogen) atoms. The summed E-state index contributed by atoms with van der Waals surface area (Å²) in [6.45, 7) is 1.03. The average Bonchev–Trinajstić information content (AvgIpc) is 2.85. The Morgan fingerprint density at radius 3 is 2.70 bits per heavy atom. The van der Waals surface area contributed by atoms with Gasteiger partial charge >= 0.3 is 0 Å². The van der Waals surface area contributed by atoms with Gasteiger partial charge in [0, 0.05) is 25.4 Å². The Kier molecular flexibility index (Phi) is 3.80. The van der Waals surface area contributed by atoms with Gasteiger partial charge in [-0.05, 0) is 24.6 Å². The van der Waals surface area contributed by atoms with Crippen molar-refractivity contribution in [2.45, 2.75) is 17.9 Å². The molecule has 9 heteroatoms. The molecule has 0 unspecified atom stereocenters. The Morgan fingerprint density at radius 2 is 1.96 bits per heavy atom. The summed E-state index contributed by atoms with van der Waals surface area (Å²) in [4.78, 5) is 11.7. The quantitative estimate of drug-likeness (QED) is 0.892. The normalized spacial score (nSPS) is 14.8. The van der Waals surface area contributed by atoms with Crippen LogP contribution in [-0.2, 0) is 16.6 Å². The van der Waals surface area contributed by atoms with E-state index in [9.17, 15) is 22.0 Å². The molecule has 1 aromatic carbocycles. The molecule has 0 radical (unpaired) electrons. The number of sulfonamides is 1. The van der Waals surface area contributed by atoms with Gasteiger partial charge in [-0.15, -0.1) is 0 Å². The number of benzene rings is 1.